The van der Waals surface area contributed by atoms with Gasteiger partial charge in [0.1, 0.15) is 18.2 Å². The summed E-state index contributed by atoms with van der Waals surface area (Å²) in [6.07, 6.45) is 3.28. The second kappa shape index (κ2) is 4.96. The fraction of sp³-hybridized carbons (Fsp3) is 0.0625. The molecular formula is C16H11ClN4O. The number of rotatable bonds is 2. The summed E-state index contributed by atoms with van der Waals surface area (Å²) < 4.78 is 7.63. The SMILES string of the molecule is Cc1ccc(-c2nc3cc(-n4cnnc4)ccc3o2)cc1Cl. The topological polar surface area (TPSA) is 56.7 Å². The Hall–Kier alpha value is -2.66. The van der Waals surface area contributed by atoms with Crippen molar-refractivity contribution in [3.05, 3.63) is 59.6 Å². The van der Waals surface area contributed by atoms with Crippen LogP contribution in [0.15, 0.2) is 53.5 Å². The number of benzene rings is 2. The first kappa shape index (κ1) is 13.0. The second-order valence-corrected chi connectivity index (χ2v) is 5.41. The average molecular weight is 311 g/mol. The highest BCUT2D eigenvalue weighted by atomic mass is 35.5. The minimum atomic E-state index is 0.554. The Morgan fingerprint density at radius 3 is 2.64 bits per heavy atom. The third kappa shape index (κ3) is 2.16. The third-order valence-corrected chi connectivity index (χ3v) is 3.91. The number of aromatic nitrogens is 4. The molecule has 0 saturated carbocycles. The molecule has 2 aromatic heterocycles. The van der Waals surface area contributed by atoms with Crippen LogP contribution in [0.1, 0.15) is 5.56 Å². The number of hydrogen-bond donors (Lipinski definition) is 0. The maximum Gasteiger partial charge on any atom is 0.227 e. The average Bonchev–Trinajstić information content (AvgIpc) is 3.17. The zero-order chi connectivity index (χ0) is 15.1. The summed E-state index contributed by atoms with van der Waals surface area (Å²) in [7, 11) is 0. The second-order valence-electron chi connectivity index (χ2n) is 5.00. The monoisotopic (exact) mass is 310 g/mol. The molecule has 0 fully saturated rings. The van der Waals surface area contributed by atoms with Crippen molar-refractivity contribution in [1.29, 1.82) is 0 Å². The van der Waals surface area contributed by atoms with E-state index in [1.165, 1.54) is 0 Å². The van der Waals surface area contributed by atoms with Crippen molar-refractivity contribution in [2.75, 3.05) is 0 Å². The maximum atomic E-state index is 6.17. The van der Waals surface area contributed by atoms with E-state index >= 15 is 0 Å². The van der Waals surface area contributed by atoms with Crippen LogP contribution < -0.4 is 0 Å². The van der Waals surface area contributed by atoms with Crippen LogP contribution in [-0.2, 0) is 0 Å². The Morgan fingerprint density at radius 1 is 1.05 bits per heavy atom. The van der Waals surface area contributed by atoms with Crippen molar-refractivity contribution in [2.24, 2.45) is 0 Å². The fourth-order valence-corrected chi connectivity index (χ4v) is 2.44. The Bertz CT molecular complexity index is 960. The summed E-state index contributed by atoms with van der Waals surface area (Å²) in [6, 6.07) is 11.5. The number of fused-ring (bicyclic) bond motifs is 1. The van der Waals surface area contributed by atoms with E-state index in [0.29, 0.717) is 10.9 Å². The summed E-state index contributed by atoms with van der Waals surface area (Å²) >= 11 is 6.17. The molecule has 0 bridgehead atoms. The fourth-order valence-electron chi connectivity index (χ4n) is 2.26. The van der Waals surface area contributed by atoms with Crippen molar-refractivity contribution in [2.45, 2.75) is 6.92 Å². The lowest BCUT2D eigenvalue weighted by molar-refractivity contribution is 0.620. The predicted molar refractivity (Wildman–Crippen MR) is 84.1 cm³/mol. The van der Waals surface area contributed by atoms with Crippen molar-refractivity contribution in [3.63, 3.8) is 0 Å². The molecule has 108 valence electrons. The maximum absolute atomic E-state index is 6.17. The highest BCUT2D eigenvalue weighted by molar-refractivity contribution is 6.31. The van der Waals surface area contributed by atoms with Crippen LogP contribution in [0, 0.1) is 6.92 Å². The summed E-state index contributed by atoms with van der Waals surface area (Å²) in [5, 5.41) is 8.31. The van der Waals surface area contributed by atoms with Gasteiger partial charge in [0.15, 0.2) is 5.58 Å². The Balaban J connectivity index is 1.81. The van der Waals surface area contributed by atoms with Gasteiger partial charge in [-0.05, 0) is 42.8 Å². The zero-order valence-electron chi connectivity index (χ0n) is 11.7. The van der Waals surface area contributed by atoms with Gasteiger partial charge in [0.25, 0.3) is 0 Å². The molecule has 0 saturated heterocycles. The molecule has 0 atom stereocenters. The van der Waals surface area contributed by atoms with E-state index in [0.717, 1.165) is 27.9 Å². The predicted octanol–water partition coefficient (Wildman–Crippen LogP) is 4.04. The van der Waals surface area contributed by atoms with Crippen molar-refractivity contribution in [3.8, 4) is 17.1 Å². The molecule has 4 aromatic rings. The summed E-state index contributed by atoms with van der Waals surface area (Å²) in [5.41, 5.74) is 4.31. The smallest absolute Gasteiger partial charge is 0.227 e. The van der Waals surface area contributed by atoms with E-state index < -0.39 is 0 Å². The van der Waals surface area contributed by atoms with E-state index in [1.54, 1.807) is 12.7 Å². The molecule has 0 radical (unpaired) electrons. The van der Waals surface area contributed by atoms with Gasteiger partial charge in [-0.1, -0.05) is 17.7 Å². The number of hydrogen-bond acceptors (Lipinski definition) is 4. The van der Waals surface area contributed by atoms with Gasteiger partial charge in [-0.3, -0.25) is 4.57 Å². The van der Waals surface area contributed by atoms with Gasteiger partial charge in [-0.25, -0.2) is 4.98 Å². The van der Waals surface area contributed by atoms with Gasteiger partial charge in [-0.15, -0.1) is 10.2 Å². The number of aryl methyl sites for hydroxylation is 1. The quantitative estimate of drug-likeness (QED) is 0.561. The zero-order valence-corrected chi connectivity index (χ0v) is 12.4. The van der Waals surface area contributed by atoms with Crippen LogP contribution in [0.25, 0.3) is 28.2 Å². The normalized spacial score (nSPS) is 11.2. The van der Waals surface area contributed by atoms with E-state index in [-0.39, 0.29) is 0 Å². The van der Waals surface area contributed by atoms with Gasteiger partial charge < -0.3 is 4.42 Å². The molecule has 0 unspecified atom stereocenters. The highest BCUT2D eigenvalue weighted by Crippen LogP contribution is 2.28. The van der Waals surface area contributed by atoms with E-state index in [4.69, 9.17) is 16.0 Å². The van der Waals surface area contributed by atoms with Crippen LogP contribution in [0.5, 0.6) is 0 Å². The standard InChI is InChI=1S/C16H11ClN4O/c1-10-2-3-11(6-13(10)17)16-20-14-7-12(4-5-15(14)22-16)21-8-18-19-9-21/h2-9H,1H3. The molecule has 0 aliphatic rings. The molecule has 2 heterocycles. The van der Waals surface area contributed by atoms with Crippen LogP contribution in [0.2, 0.25) is 5.02 Å². The van der Waals surface area contributed by atoms with Crippen LogP contribution >= 0.6 is 11.6 Å². The van der Waals surface area contributed by atoms with E-state index in [1.807, 2.05) is 47.9 Å². The third-order valence-electron chi connectivity index (χ3n) is 3.51. The lowest BCUT2D eigenvalue weighted by Gasteiger charge is -1.99. The molecule has 0 amide bonds. The van der Waals surface area contributed by atoms with Gasteiger partial charge >= 0.3 is 0 Å². The van der Waals surface area contributed by atoms with Crippen molar-refractivity contribution < 1.29 is 4.42 Å². The van der Waals surface area contributed by atoms with Gasteiger partial charge in [-0.2, -0.15) is 0 Å². The summed E-state index contributed by atoms with van der Waals surface area (Å²) in [4.78, 5) is 4.54. The first-order valence-corrected chi connectivity index (χ1v) is 7.10. The minimum Gasteiger partial charge on any atom is -0.436 e. The Morgan fingerprint density at radius 2 is 1.86 bits per heavy atom. The largest absolute Gasteiger partial charge is 0.436 e. The molecular weight excluding hydrogens is 300 g/mol. The van der Waals surface area contributed by atoms with E-state index in [2.05, 4.69) is 15.2 Å². The minimum absolute atomic E-state index is 0.554. The molecule has 6 heteroatoms. The molecule has 4 rings (SSSR count). The number of nitrogens with zero attached hydrogens (tertiary/aromatic N) is 4. The first-order valence-electron chi connectivity index (χ1n) is 6.73. The van der Waals surface area contributed by atoms with Gasteiger partial charge in [0.05, 0.1) is 5.69 Å². The molecule has 0 aliphatic heterocycles. The Labute approximate surface area is 131 Å². The number of oxazole rings is 1. The molecule has 22 heavy (non-hydrogen) atoms. The summed E-state index contributed by atoms with van der Waals surface area (Å²) in [5.74, 6) is 0.554. The molecule has 2 aromatic carbocycles. The van der Waals surface area contributed by atoms with Gasteiger partial charge in [0, 0.05) is 10.6 Å². The lowest BCUT2D eigenvalue weighted by atomic mass is 10.1. The first-order chi connectivity index (χ1) is 10.7. The lowest BCUT2D eigenvalue weighted by Crippen LogP contribution is -1.88. The molecule has 0 aliphatic carbocycles. The van der Waals surface area contributed by atoms with Crippen LogP contribution in [-0.4, -0.2) is 19.7 Å². The summed E-state index contributed by atoms with van der Waals surface area (Å²) in [6.45, 7) is 1.96. The molecule has 0 spiro atoms. The van der Waals surface area contributed by atoms with E-state index in [9.17, 15) is 0 Å². The highest BCUT2D eigenvalue weighted by Gasteiger charge is 2.10. The number of halogens is 1. The van der Waals surface area contributed by atoms with Crippen LogP contribution in [0.4, 0.5) is 0 Å². The van der Waals surface area contributed by atoms with Gasteiger partial charge in [0.2, 0.25) is 5.89 Å². The van der Waals surface area contributed by atoms with Crippen molar-refractivity contribution in [1.82, 2.24) is 19.7 Å². The molecule has 5 nitrogen and oxygen atoms in total. The molecule has 0 N–H and O–H groups in total. The van der Waals surface area contributed by atoms with Crippen molar-refractivity contribution >= 4 is 22.7 Å². The van der Waals surface area contributed by atoms with Crippen LogP contribution in [0.3, 0.4) is 0 Å². The Kier molecular flexibility index (Phi) is 2.94.